The van der Waals surface area contributed by atoms with E-state index in [1.54, 1.807) is 70.2 Å². The first-order valence-electron chi connectivity index (χ1n) is 13.6. The number of urea groups is 1. The number of hydrogen-bond donors (Lipinski definition) is 5. The van der Waals surface area contributed by atoms with Gasteiger partial charge in [-0.25, -0.2) is 19.6 Å². The van der Waals surface area contributed by atoms with Crippen molar-refractivity contribution >= 4 is 35.2 Å². The first-order valence-corrected chi connectivity index (χ1v) is 13.6. The van der Waals surface area contributed by atoms with E-state index in [2.05, 4.69) is 32.5 Å². The van der Waals surface area contributed by atoms with Gasteiger partial charge in [0.15, 0.2) is 6.29 Å². The third kappa shape index (κ3) is 8.35. The lowest BCUT2D eigenvalue weighted by molar-refractivity contribution is -0.241. The highest BCUT2D eigenvalue weighted by Crippen LogP contribution is 2.29. The minimum atomic E-state index is -1.49. The smallest absolute Gasteiger partial charge is 0.337 e. The molecule has 0 bridgehead atoms. The number of hydrogen-bond acceptors (Lipinski definition) is 9. The van der Waals surface area contributed by atoms with E-state index in [1.807, 2.05) is 0 Å². The Balaban J connectivity index is 1.98. The van der Waals surface area contributed by atoms with E-state index in [9.17, 15) is 24.6 Å². The summed E-state index contributed by atoms with van der Waals surface area (Å²) >= 11 is 0. The molecule has 3 rings (SSSR count). The van der Waals surface area contributed by atoms with E-state index in [4.69, 9.17) is 9.47 Å². The standard InChI is InChI=1S/C30H36N6O7/c1-6-22(26(37)34-23-18(4)13-12-16-21(23)27(38)39)42-30(43-28(40)20-14-10-9-11-15-20)36(8-3)25-19(5)24(32-17-33-25)35-29(41)31-7-2/h8-17,22,28,30,40H,3,6-7H2,1-2,4-5H3,(H,34,37)(H,38,39)(H2,31,32,33,35,41)/t22?,28-,30?/m0/s1. The van der Waals surface area contributed by atoms with Gasteiger partial charge in [0.2, 0.25) is 6.41 Å². The van der Waals surface area contributed by atoms with Crippen molar-refractivity contribution in [1.29, 1.82) is 0 Å². The molecule has 0 aliphatic heterocycles. The molecule has 1 heterocycles. The molecule has 3 atom stereocenters. The number of ether oxygens (including phenoxy) is 2. The molecular formula is C30H36N6O7. The van der Waals surface area contributed by atoms with Crippen LogP contribution in [0.4, 0.5) is 22.1 Å². The lowest BCUT2D eigenvalue weighted by Gasteiger charge is -2.34. The topological polar surface area (TPSA) is 175 Å². The summed E-state index contributed by atoms with van der Waals surface area (Å²) in [4.78, 5) is 47.2. The van der Waals surface area contributed by atoms with Gasteiger partial charge in [-0.1, -0.05) is 56.0 Å². The van der Waals surface area contributed by atoms with Gasteiger partial charge in [-0.2, -0.15) is 0 Å². The Morgan fingerprint density at radius 1 is 1.02 bits per heavy atom. The van der Waals surface area contributed by atoms with Gasteiger partial charge in [0.25, 0.3) is 5.91 Å². The number of aromatic nitrogens is 2. The van der Waals surface area contributed by atoms with Crippen molar-refractivity contribution in [3.63, 3.8) is 0 Å². The average Bonchev–Trinajstić information content (AvgIpc) is 2.99. The summed E-state index contributed by atoms with van der Waals surface area (Å²) < 4.78 is 12.1. The molecule has 0 aliphatic rings. The van der Waals surface area contributed by atoms with Crippen molar-refractivity contribution in [2.45, 2.75) is 52.9 Å². The number of aliphatic hydroxyl groups excluding tert-OH is 1. The zero-order valence-corrected chi connectivity index (χ0v) is 24.4. The molecule has 0 fully saturated rings. The maximum atomic E-state index is 13.4. The van der Waals surface area contributed by atoms with Crippen molar-refractivity contribution in [2.75, 3.05) is 22.1 Å². The van der Waals surface area contributed by atoms with Gasteiger partial charge < -0.3 is 30.3 Å². The Morgan fingerprint density at radius 2 is 1.74 bits per heavy atom. The van der Waals surface area contributed by atoms with Gasteiger partial charge in [-0.3, -0.25) is 15.0 Å². The molecule has 0 saturated heterocycles. The van der Waals surface area contributed by atoms with Gasteiger partial charge in [-0.05, 0) is 38.8 Å². The number of anilines is 3. The van der Waals surface area contributed by atoms with Crippen molar-refractivity contribution in [2.24, 2.45) is 0 Å². The van der Waals surface area contributed by atoms with Crippen LogP contribution >= 0.6 is 0 Å². The molecule has 3 amide bonds. The normalized spacial score (nSPS) is 12.9. The lowest BCUT2D eigenvalue weighted by Crippen LogP contribution is -2.43. The number of benzene rings is 2. The van der Waals surface area contributed by atoms with Gasteiger partial charge in [-0.15, -0.1) is 0 Å². The first-order chi connectivity index (χ1) is 20.6. The zero-order chi connectivity index (χ0) is 31.5. The van der Waals surface area contributed by atoms with Crippen LogP contribution in [0.5, 0.6) is 0 Å². The van der Waals surface area contributed by atoms with E-state index >= 15 is 0 Å². The summed E-state index contributed by atoms with van der Waals surface area (Å²) in [6.45, 7) is 11.1. The number of para-hydroxylation sites is 1. The zero-order valence-electron chi connectivity index (χ0n) is 24.4. The predicted octanol–water partition coefficient (Wildman–Crippen LogP) is 4.31. The van der Waals surface area contributed by atoms with Gasteiger partial charge in [0.05, 0.1) is 11.3 Å². The highest BCUT2D eigenvalue weighted by molar-refractivity contribution is 6.02. The number of aromatic carboxylic acids is 1. The van der Waals surface area contributed by atoms with E-state index in [0.29, 0.717) is 23.2 Å². The second kappa shape index (κ2) is 15.4. The highest BCUT2D eigenvalue weighted by Gasteiger charge is 2.31. The van der Waals surface area contributed by atoms with E-state index < -0.39 is 36.7 Å². The molecule has 0 spiro atoms. The summed E-state index contributed by atoms with van der Waals surface area (Å²) in [5.74, 6) is -1.42. The Bertz CT molecular complexity index is 1440. The second-order valence-corrected chi connectivity index (χ2v) is 9.28. The molecule has 13 nitrogen and oxygen atoms in total. The van der Waals surface area contributed by atoms with Crippen LogP contribution in [-0.2, 0) is 14.3 Å². The maximum absolute atomic E-state index is 13.4. The van der Waals surface area contributed by atoms with Crippen LogP contribution < -0.4 is 20.9 Å². The molecule has 0 radical (unpaired) electrons. The molecule has 5 N–H and O–H groups in total. The monoisotopic (exact) mass is 592 g/mol. The summed E-state index contributed by atoms with van der Waals surface area (Å²) in [6, 6.07) is 12.7. The largest absolute Gasteiger partial charge is 0.478 e. The molecule has 3 aromatic rings. The molecule has 228 valence electrons. The number of carboxylic acids is 1. The fourth-order valence-corrected chi connectivity index (χ4v) is 4.08. The number of aryl methyl sites for hydroxylation is 1. The van der Waals surface area contributed by atoms with Crippen LogP contribution in [0.25, 0.3) is 0 Å². The van der Waals surface area contributed by atoms with Crippen LogP contribution in [0.15, 0.2) is 67.6 Å². The summed E-state index contributed by atoms with van der Waals surface area (Å²) in [7, 11) is 0. The van der Waals surface area contributed by atoms with Gasteiger partial charge in [0, 0.05) is 23.9 Å². The fourth-order valence-electron chi connectivity index (χ4n) is 4.08. The number of nitrogens with one attached hydrogen (secondary N) is 3. The number of carbonyl (C=O) groups excluding carboxylic acids is 2. The first kappa shape index (κ1) is 32.7. The Kier molecular flexibility index (Phi) is 11.7. The summed E-state index contributed by atoms with van der Waals surface area (Å²) in [5, 5.41) is 28.5. The van der Waals surface area contributed by atoms with Gasteiger partial charge in [0.1, 0.15) is 24.1 Å². The number of carbonyl (C=O) groups is 3. The van der Waals surface area contributed by atoms with Crippen LogP contribution in [0.1, 0.15) is 53.6 Å². The minimum Gasteiger partial charge on any atom is -0.478 e. The van der Waals surface area contributed by atoms with Crippen molar-refractivity contribution in [3.05, 3.63) is 89.9 Å². The number of nitrogens with zero attached hydrogens (tertiary/aromatic N) is 3. The Morgan fingerprint density at radius 3 is 2.37 bits per heavy atom. The average molecular weight is 593 g/mol. The van der Waals surface area contributed by atoms with Crippen molar-refractivity contribution < 1.29 is 34.1 Å². The number of carboxylic acid groups (broad SMARTS) is 1. The quantitative estimate of drug-likeness (QED) is 0.170. The molecule has 2 unspecified atom stereocenters. The van der Waals surface area contributed by atoms with Crippen molar-refractivity contribution in [1.82, 2.24) is 15.3 Å². The number of rotatable bonds is 14. The maximum Gasteiger partial charge on any atom is 0.337 e. The molecule has 13 heteroatoms. The third-order valence-electron chi connectivity index (χ3n) is 6.32. The third-order valence-corrected chi connectivity index (χ3v) is 6.32. The Hall–Kier alpha value is -4.85. The molecule has 0 aliphatic carbocycles. The molecular weight excluding hydrogens is 556 g/mol. The number of aliphatic hydroxyl groups is 1. The van der Waals surface area contributed by atoms with E-state index in [-0.39, 0.29) is 29.3 Å². The van der Waals surface area contributed by atoms with Crippen LogP contribution in [0, 0.1) is 13.8 Å². The van der Waals surface area contributed by atoms with E-state index in [0.717, 1.165) is 0 Å². The van der Waals surface area contributed by atoms with Gasteiger partial charge >= 0.3 is 12.0 Å². The molecule has 43 heavy (non-hydrogen) atoms. The SMILES string of the molecule is C=CN(c1ncnc(NC(=O)NCC)c1C)C(OC(CC)C(=O)Nc1c(C)cccc1C(=O)O)O[C@H](O)c1ccccc1. The van der Waals surface area contributed by atoms with Crippen LogP contribution in [-0.4, -0.2) is 57.2 Å². The Labute approximate surface area is 249 Å². The molecule has 0 saturated carbocycles. The lowest BCUT2D eigenvalue weighted by atomic mass is 10.1. The molecule has 1 aromatic heterocycles. The summed E-state index contributed by atoms with van der Waals surface area (Å²) in [6.07, 6.45) is -1.42. The van der Waals surface area contributed by atoms with Crippen LogP contribution in [0.3, 0.4) is 0 Å². The van der Waals surface area contributed by atoms with Crippen LogP contribution in [0.2, 0.25) is 0 Å². The number of amides is 3. The second-order valence-electron chi connectivity index (χ2n) is 9.28. The van der Waals surface area contributed by atoms with Crippen molar-refractivity contribution in [3.8, 4) is 0 Å². The summed E-state index contributed by atoms with van der Waals surface area (Å²) in [5.41, 5.74) is 1.45. The predicted molar refractivity (Wildman–Crippen MR) is 160 cm³/mol. The molecule has 2 aromatic carbocycles. The van der Waals surface area contributed by atoms with E-state index in [1.165, 1.54) is 23.5 Å². The fraction of sp³-hybridized carbons (Fsp3) is 0.300. The minimum absolute atomic E-state index is 0.0769. The highest BCUT2D eigenvalue weighted by atomic mass is 16.7.